The lowest BCUT2D eigenvalue weighted by molar-refractivity contribution is 0.223. The Morgan fingerprint density at radius 2 is 1.79 bits per heavy atom. The minimum absolute atomic E-state index is 0.0498. The Balaban J connectivity index is 1.92. The fraction of sp³-hybridized carbons (Fsp3) is 0.387. The summed E-state index contributed by atoms with van der Waals surface area (Å²) in [5.41, 5.74) is 5.18. The van der Waals surface area contributed by atoms with Crippen molar-refractivity contribution < 1.29 is 19.3 Å². The number of benzene rings is 2. The van der Waals surface area contributed by atoms with Gasteiger partial charge in [0.05, 0.1) is 27.0 Å². The Kier molecular flexibility index (Phi) is 8.79. The molecule has 0 saturated heterocycles. The van der Waals surface area contributed by atoms with E-state index < -0.39 is 0 Å². The van der Waals surface area contributed by atoms with Gasteiger partial charge in [-0.05, 0) is 67.3 Å². The summed E-state index contributed by atoms with van der Waals surface area (Å²) in [5, 5.41) is 13.8. The molecule has 1 aliphatic carbocycles. The molecule has 2 N–H and O–H groups in total. The lowest BCUT2D eigenvalue weighted by Crippen LogP contribution is -2.25. The third-order valence-electron chi connectivity index (χ3n) is 7.30. The number of ether oxygens (including phenoxy) is 3. The molecular weight excluding hydrogens is 480 g/mol. The second kappa shape index (κ2) is 12.2. The van der Waals surface area contributed by atoms with Gasteiger partial charge in [-0.15, -0.1) is 0 Å². The highest BCUT2D eigenvalue weighted by Gasteiger charge is 2.31. The molecule has 1 atom stereocenters. The van der Waals surface area contributed by atoms with E-state index in [1.54, 1.807) is 33.5 Å². The summed E-state index contributed by atoms with van der Waals surface area (Å²) in [6.45, 7) is 3.40. The number of nitrogens with zero attached hydrogens (tertiary/aromatic N) is 1. The molecule has 7 heteroatoms. The highest BCUT2D eigenvalue weighted by atomic mass is 16.5. The van der Waals surface area contributed by atoms with Gasteiger partial charge < -0.3 is 24.6 Å². The standard InChI is InChI=1S/C31H38N2O5/c1-6-7-16-32-24-14-13-22-23(18-27(24)35)25(33(2)19-21-10-8-9-11-26(21)34)15-12-20-17-28(36-3)30(37-4)31(38-5)29(20)22/h8-11,13-14,17-18,25,34H,6-7,12,15-16,19H2,1-5H3,(H,32,35)/t25-/m0/s1. The zero-order valence-electron chi connectivity index (χ0n) is 23.0. The molecule has 0 radical (unpaired) electrons. The first-order chi connectivity index (χ1) is 18.4. The van der Waals surface area contributed by atoms with Crippen LogP contribution in [0.25, 0.3) is 11.1 Å². The molecule has 0 aromatic heterocycles. The van der Waals surface area contributed by atoms with Gasteiger partial charge in [0.25, 0.3) is 0 Å². The zero-order chi connectivity index (χ0) is 27.2. The Bertz CT molecular complexity index is 1340. The van der Waals surface area contributed by atoms with Crippen molar-refractivity contribution in [3.05, 3.63) is 75.4 Å². The molecule has 0 spiro atoms. The maximum atomic E-state index is 13.5. The highest BCUT2D eigenvalue weighted by molar-refractivity contribution is 5.83. The van der Waals surface area contributed by atoms with Crippen LogP contribution >= 0.6 is 0 Å². The first-order valence-corrected chi connectivity index (χ1v) is 13.1. The lowest BCUT2D eigenvalue weighted by atomic mass is 9.95. The molecule has 38 heavy (non-hydrogen) atoms. The van der Waals surface area contributed by atoms with E-state index in [9.17, 15) is 9.90 Å². The summed E-state index contributed by atoms with van der Waals surface area (Å²) in [7, 11) is 6.88. The summed E-state index contributed by atoms with van der Waals surface area (Å²) in [4.78, 5) is 15.7. The van der Waals surface area contributed by atoms with Crippen molar-refractivity contribution in [1.29, 1.82) is 0 Å². The molecule has 0 saturated carbocycles. The van der Waals surface area contributed by atoms with E-state index in [2.05, 4.69) is 17.1 Å². The predicted octanol–water partition coefficient (Wildman–Crippen LogP) is 5.78. The summed E-state index contributed by atoms with van der Waals surface area (Å²) in [5.74, 6) is 1.98. The second-order valence-corrected chi connectivity index (χ2v) is 9.68. The predicted molar refractivity (Wildman–Crippen MR) is 152 cm³/mol. The number of aryl methyl sites for hydroxylation is 1. The maximum absolute atomic E-state index is 13.5. The number of anilines is 1. The summed E-state index contributed by atoms with van der Waals surface area (Å²) in [6, 6.07) is 15.0. The van der Waals surface area contributed by atoms with Gasteiger partial charge in [0.2, 0.25) is 11.2 Å². The molecule has 3 aromatic rings. The van der Waals surface area contributed by atoms with Crippen LogP contribution in [-0.4, -0.2) is 44.9 Å². The minimum atomic E-state index is -0.0812. The summed E-state index contributed by atoms with van der Waals surface area (Å²) in [6.07, 6.45) is 3.54. The van der Waals surface area contributed by atoms with Gasteiger partial charge in [-0.1, -0.05) is 37.6 Å². The van der Waals surface area contributed by atoms with Gasteiger partial charge in [0, 0.05) is 30.3 Å². The number of phenols is 1. The van der Waals surface area contributed by atoms with Crippen molar-refractivity contribution in [2.45, 2.75) is 45.2 Å². The van der Waals surface area contributed by atoms with Gasteiger partial charge in [-0.2, -0.15) is 0 Å². The fourth-order valence-corrected chi connectivity index (χ4v) is 5.32. The monoisotopic (exact) mass is 518 g/mol. The third-order valence-corrected chi connectivity index (χ3v) is 7.30. The first kappa shape index (κ1) is 27.3. The number of fused-ring (bicyclic) bond motifs is 3. The molecule has 0 bridgehead atoms. The molecule has 1 aliphatic rings. The van der Waals surface area contributed by atoms with Crippen LogP contribution in [0.15, 0.2) is 53.3 Å². The average Bonchev–Trinajstić information content (AvgIpc) is 3.17. The van der Waals surface area contributed by atoms with E-state index in [4.69, 9.17) is 14.2 Å². The quantitative estimate of drug-likeness (QED) is 0.330. The Labute approximate surface area is 225 Å². The number of phenolic OH excluding ortho intramolecular Hbond substituents is 1. The van der Waals surface area contributed by atoms with E-state index in [1.807, 2.05) is 43.4 Å². The lowest BCUT2D eigenvalue weighted by Gasteiger charge is -2.28. The van der Waals surface area contributed by atoms with E-state index in [-0.39, 0.29) is 17.2 Å². The Hall–Kier alpha value is -3.71. The number of unbranched alkanes of at least 4 members (excludes halogenated alkanes) is 1. The van der Waals surface area contributed by atoms with Crippen molar-refractivity contribution in [1.82, 2.24) is 4.90 Å². The number of nitrogens with one attached hydrogen (secondary N) is 1. The Morgan fingerprint density at radius 1 is 1.03 bits per heavy atom. The smallest absolute Gasteiger partial charge is 0.203 e. The van der Waals surface area contributed by atoms with Crippen molar-refractivity contribution in [2.24, 2.45) is 0 Å². The maximum Gasteiger partial charge on any atom is 0.203 e. The molecule has 0 aliphatic heterocycles. The topological polar surface area (TPSA) is 80.3 Å². The SMILES string of the molecule is CCCCNc1ccc2c(cc1=O)[C@@H](N(C)Cc1ccccc1O)CCc1cc(OC)c(OC)c(OC)c1-2. The summed E-state index contributed by atoms with van der Waals surface area (Å²) < 4.78 is 17.3. The highest BCUT2D eigenvalue weighted by Crippen LogP contribution is 2.51. The average molecular weight is 519 g/mol. The number of hydrogen-bond acceptors (Lipinski definition) is 7. The normalized spacial score (nSPS) is 14.3. The molecule has 0 fully saturated rings. The van der Waals surface area contributed by atoms with E-state index in [1.165, 1.54) is 0 Å². The minimum Gasteiger partial charge on any atom is -0.508 e. The molecule has 3 aromatic carbocycles. The van der Waals surface area contributed by atoms with Crippen LogP contribution in [0, 0.1) is 0 Å². The largest absolute Gasteiger partial charge is 0.508 e. The van der Waals surface area contributed by atoms with Gasteiger partial charge in [0.1, 0.15) is 5.75 Å². The summed E-state index contributed by atoms with van der Waals surface area (Å²) >= 11 is 0. The molecule has 0 unspecified atom stereocenters. The Morgan fingerprint density at radius 3 is 2.47 bits per heavy atom. The second-order valence-electron chi connectivity index (χ2n) is 9.68. The van der Waals surface area contributed by atoms with Gasteiger partial charge in [0.15, 0.2) is 11.5 Å². The molecule has 7 nitrogen and oxygen atoms in total. The van der Waals surface area contributed by atoms with Crippen LogP contribution in [-0.2, 0) is 13.0 Å². The van der Waals surface area contributed by atoms with E-state index >= 15 is 0 Å². The van der Waals surface area contributed by atoms with Gasteiger partial charge >= 0.3 is 0 Å². The van der Waals surface area contributed by atoms with Crippen molar-refractivity contribution in [2.75, 3.05) is 40.2 Å². The zero-order valence-corrected chi connectivity index (χ0v) is 23.0. The molecule has 4 rings (SSSR count). The number of hydrogen-bond donors (Lipinski definition) is 2. The molecule has 0 heterocycles. The van der Waals surface area contributed by atoms with E-state index in [0.29, 0.717) is 29.5 Å². The van der Waals surface area contributed by atoms with Crippen LogP contribution < -0.4 is 25.0 Å². The van der Waals surface area contributed by atoms with Crippen molar-refractivity contribution in [3.8, 4) is 34.1 Å². The third kappa shape index (κ3) is 5.43. The van der Waals surface area contributed by atoms with Crippen LogP contribution in [0.1, 0.15) is 48.9 Å². The molecular formula is C31H38N2O5. The van der Waals surface area contributed by atoms with Crippen LogP contribution in [0.2, 0.25) is 0 Å². The van der Waals surface area contributed by atoms with E-state index in [0.717, 1.165) is 60.0 Å². The first-order valence-electron chi connectivity index (χ1n) is 13.1. The van der Waals surface area contributed by atoms with Crippen LogP contribution in [0.3, 0.4) is 0 Å². The number of methoxy groups -OCH3 is 3. The number of rotatable bonds is 10. The number of aromatic hydroxyl groups is 1. The molecule has 202 valence electrons. The van der Waals surface area contributed by atoms with Crippen LogP contribution in [0.4, 0.5) is 5.69 Å². The molecule has 0 amide bonds. The van der Waals surface area contributed by atoms with Crippen LogP contribution in [0.5, 0.6) is 23.0 Å². The van der Waals surface area contributed by atoms with Crippen molar-refractivity contribution in [3.63, 3.8) is 0 Å². The van der Waals surface area contributed by atoms with Gasteiger partial charge in [-0.3, -0.25) is 9.69 Å². The fourth-order valence-electron chi connectivity index (χ4n) is 5.32. The van der Waals surface area contributed by atoms with Gasteiger partial charge in [-0.25, -0.2) is 0 Å². The number of para-hydroxylation sites is 1. The van der Waals surface area contributed by atoms with Crippen molar-refractivity contribution >= 4 is 5.69 Å².